The third-order valence-corrected chi connectivity index (χ3v) is 5.74. The van der Waals surface area contributed by atoms with E-state index in [4.69, 9.17) is 0 Å². The van der Waals surface area contributed by atoms with Gasteiger partial charge >= 0.3 is 0 Å². The number of sulfonamides is 1. The minimum absolute atomic E-state index is 0.166. The topological polar surface area (TPSA) is 75.2 Å². The molecule has 3 heterocycles. The van der Waals surface area contributed by atoms with Gasteiger partial charge in [-0.05, 0) is 25.0 Å². The van der Waals surface area contributed by atoms with Crippen LogP contribution in [0.25, 0.3) is 0 Å². The quantitative estimate of drug-likeness (QED) is 0.926. The second-order valence-corrected chi connectivity index (χ2v) is 8.22. The molecular weight excluding hydrogens is 320 g/mol. The molecule has 1 atom stereocenters. The lowest BCUT2D eigenvalue weighted by molar-refractivity contribution is 0.315. The fraction of sp³-hybridized carbons (Fsp3) is 0.429. The number of hydrogen-bond donors (Lipinski definition) is 1. The van der Waals surface area contributed by atoms with Crippen molar-refractivity contribution in [1.29, 1.82) is 0 Å². The molecule has 1 aliphatic rings. The van der Waals surface area contributed by atoms with E-state index in [0.29, 0.717) is 13.1 Å². The van der Waals surface area contributed by atoms with Crippen molar-refractivity contribution >= 4 is 32.3 Å². The molecule has 3 rings (SSSR count). The zero-order valence-electron chi connectivity index (χ0n) is 12.3. The molecule has 22 heavy (non-hydrogen) atoms. The molecule has 0 aliphatic carbocycles. The van der Waals surface area contributed by atoms with Gasteiger partial charge in [0, 0.05) is 30.6 Å². The zero-order valence-corrected chi connectivity index (χ0v) is 13.9. The van der Waals surface area contributed by atoms with Crippen LogP contribution in [0.4, 0.5) is 10.9 Å². The smallest absolute Gasteiger partial charge is 0.211 e. The third kappa shape index (κ3) is 3.63. The van der Waals surface area contributed by atoms with Gasteiger partial charge in [0.15, 0.2) is 5.13 Å². The third-order valence-electron chi connectivity index (χ3n) is 3.69. The Morgan fingerprint density at radius 1 is 1.41 bits per heavy atom. The van der Waals surface area contributed by atoms with Crippen molar-refractivity contribution in [2.45, 2.75) is 18.8 Å². The summed E-state index contributed by atoms with van der Waals surface area (Å²) < 4.78 is 24.9. The highest BCUT2D eigenvalue weighted by Gasteiger charge is 2.28. The van der Waals surface area contributed by atoms with Crippen LogP contribution in [0.3, 0.4) is 0 Å². The number of pyridine rings is 1. The Morgan fingerprint density at radius 3 is 3.00 bits per heavy atom. The minimum Gasteiger partial charge on any atom is -0.316 e. The van der Waals surface area contributed by atoms with Crippen molar-refractivity contribution < 1.29 is 8.42 Å². The summed E-state index contributed by atoms with van der Waals surface area (Å²) in [5.41, 5.74) is 0.955. The molecule has 0 radical (unpaired) electrons. The lowest BCUT2D eigenvalue weighted by atomic mass is 9.97. The maximum atomic E-state index is 11.7. The highest BCUT2D eigenvalue weighted by atomic mass is 32.2. The molecule has 1 N–H and O–H groups in total. The van der Waals surface area contributed by atoms with Crippen molar-refractivity contribution in [3.05, 3.63) is 35.5 Å². The molecule has 0 aromatic carbocycles. The van der Waals surface area contributed by atoms with Crippen molar-refractivity contribution in [3.8, 4) is 0 Å². The molecule has 0 saturated carbocycles. The maximum absolute atomic E-state index is 11.7. The largest absolute Gasteiger partial charge is 0.316 e. The number of piperidine rings is 1. The number of nitrogens with zero attached hydrogens (tertiary/aromatic N) is 3. The second kappa shape index (κ2) is 6.31. The summed E-state index contributed by atoms with van der Waals surface area (Å²) in [6.45, 7) is 1.13. The average molecular weight is 338 g/mol. The van der Waals surface area contributed by atoms with E-state index in [0.717, 1.165) is 29.5 Å². The Hall–Kier alpha value is -1.51. The molecule has 6 nitrogen and oxygen atoms in total. The molecule has 2 aromatic rings. The SMILES string of the molecule is CS(=O)(=O)N1CCC[C@@H](c2csc(Nc3ccccn3)n2)C1. The van der Waals surface area contributed by atoms with Crippen molar-refractivity contribution in [2.24, 2.45) is 0 Å². The van der Waals surface area contributed by atoms with Crippen LogP contribution in [0.5, 0.6) is 0 Å². The van der Waals surface area contributed by atoms with E-state index in [-0.39, 0.29) is 5.92 Å². The van der Waals surface area contributed by atoms with E-state index in [1.165, 1.54) is 17.6 Å². The first-order valence-corrected chi connectivity index (χ1v) is 9.84. The first kappa shape index (κ1) is 15.4. The molecule has 0 unspecified atom stereocenters. The average Bonchev–Trinajstić information content (AvgIpc) is 2.96. The minimum atomic E-state index is -3.13. The highest BCUT2D eigenvalue weighted by molar-refractivity contribution is 7.88. The standard InChI is InChI=1S/C14H18N4O2S2/c1-22(19,20)18-8-4-5-11(9-18)12-10-21-14(16-12)17-13-6-2-3-7-15-13/h2-3,6-7,10-11H,4-5,8-9H2,1H3,(H,15,16,17)/t11-/m1/s1. The number of aromatic nitrogens is 2. The van der Waals surface area contributed by atoms with Crippen LogP contribution in [-0.4, -0.2) is 42.0 Å². The number of hydrogen-bond acceptors (Lipinski definition) is 6. The summed E-state index contributed by atoms with van der Waals surface area (Å²) in [5.74, 6) is 0.920. The predicted molar refractivity (Wildman–Crippen MR) is 88.0 cm³/mol. The van der Waals surface area contributed by atoms with Gasteiger partial charge < -0.3 is 5.32 Å². The van der Waals surface area contributed by atoms with E-state index >= 15 is 0 Å². The first-order valence-electron chi connectivity index (χ1n) is 7.11. The molecule has 0 amide bonds. The van der Waals surface area contributed by atoms with Gasteiger partial charge in [-0.2, -0.15) is 0 Å². The molecule has 1 aliphatic heterocycles. The summed E-state index contributed by atoms with van der Waals surface area (Å²) in [4.78, 5) is 8.80. The van der Waals surface area contributed by atoms with Gasteiger partial charge in [-0.25, -0.2) is 22.7 Å². The Kier molecular flexibility index (Phi) is 4.42. The summed E-state index contributed by atoms with van der Waals surface area (Å²) >= 11 is 1.52. The maximum Gasteiger partial charge on any atom is 0.211 e. The zero-order chi connectivity index (χ0) is 15.6. The van der Waals surface area contributed by atoms with E-state index in [2.05, 4.69) is 15.3 Å². The Bertz CT molecular complexity index is 730. The molecule has 1 saturated heterocycles. The van der Waals surface area contributed by atoms with Gasteiger partial charge in [-0.3, -0.25) is 0 Å². The molecule has 1 fully saturated rings. The summed E-state index contributed by atoms with van der Waals surface area (Å²) in [6, 6.07) is 5.66. The predicted octanol–water partition coefficient (Wildman–Crippen LogP) is 2.42. The fourth-order valence-electron chi connectivity index (χ4n) is 2.56. The summed E-state index contributed by atoms with van der Waals surface area (Å²) in [6.07, 6.45) is 4.84. The van der Waals surface area contributed by atoms with E-state index in [1.807, 2.05) is 23.6 Å². The van der Waals surface area contributed by atoms with Gasteiger partial charge in [-0.1, -0.05) is 6.07 Å². The normalized spacial score (nSPS) is 20.0. The van der Waals surface area contributed by atoms with Gasteiger partial charge in [0.05, 0.1) is 11.9 Å². The van der Waals surface area contributed by atoms with Crippen LogP contribution in [-0.2, 0) is 10.0 Å². The highest BCUT2D eigenvalue weighted by Crippen LogP contribution is 2.31. The van der Waals surface area contributed by atoms with Crippen LogP contribution in [0.15, 0.2) is 29.8 Å². The molecule has 118 valence electrons. The summed E-state index contributed by atoms with van der Waals surface area (Å²) in [5, 5.41) is 5.95. The van der Waals surface area contributed by atoms with Crippen LogP contribution in [0.2, 0.25) is 0 Å². The van der Waals surface area contributed by atoms with Crippen molar-refractivity contribution in [1.82, 2.24) is 14.3 Å². The number of anilines is 2. The van der Waals surface area contributed by atoms with E-state index in [1.54, 1.807) is 10.5 Å². The lowest BCUT2D eigenvalue weighted by Crippen LogP contribution is -2.38. The molecule has 0 bridgehead atoms. The molecule has 8 heteroatoms. The van der Waals surface area contributed by atoms with Crippen LogP contribution >= 0.6 is 11.3 Å². The number of nitrogens with one attached hydrogen (secondary N) is 1. The van der Waals surface area contributed by atoms with Gasteiger partial charge in [-0.15, -0.1) is 11.3 Å². The van der Waals surface area contributed by atoms with Gasteiger partial charge in [0.2, 0.25) is 10.0 Å². The van der Waals surface area contributed by atoms with Crippen molar-refractivity contribution in [3.63, 3.8) is 0 Å². The molecule has 0 spiro atoms. The number of rotatable bonds is 4. The Labute approximate surface area is 134 Å². The molecule has 2 aromatic heterocycles. The number of thiazole rings is 1. The molecular formula is C14H18N4O2S2. The Balaban J connectivity index is 1.71. The van der Waals surface area contributed by atoms with Crippen molar-refractivity contribution in [2.75, 3.05) is 24.7 Å². The lowest BCUT2D eigenvalue weighted by Gasteiger charge is -2.29. The van der Waals surface area contributed by atoms with Crippen LogP contribution in [0, 0.1) is 0 Å². The summed E-state index contributed by atoms with van der Waals surface area (Å²) in [7, 11) is -3.13. The first-order chi connectivity index (χ1) is 10.5. The Morgan fingerprint density at radius 2 is 2.27 bits per heavy atom. The van der Waals surface area contributed by atoms with Gasteiger partial charge in [0.1, 0.15) is 5.82 Å². The monoisotopic (exact) mass is 338 g/mol. The van der Waals surface area contributed by atoms with E-state index in [9.17, 15) is 8.42 Å². The van der Waals surface area contributed by atoms with Crippen LogP contribution < -0.4 is 5.32 Å². The second-order valence-electron chi connectivity index (χ2n) is 5.38. The van der Waals surface area contributed by atoms with Crippen LogP contribution in [0.1, 0.15) is 24.5 Å². The van der Waals surface area contributed by atoms with E-state index < -0.39 is 10.0 Å². The fourth-order valence-corrected chi connectivity index (χ4v) is 4.27. The van der Waals surface area contributed by atoms with Gasteiger partial charge in [0.25, 0.3) is 0 Å².